The summed E-state index contributed by atoms with van der Waals surface area (Å²) in [7, 11) is 5.56. The topological polar surface area (TPSA) is 94.6 Å². The van der Waals surface area contributed by atoms with E-state index in [1.807, 2.05) is 24.3 Å². The molecule has 3 atom stereocenters. The van der Waals surface area contributed by atoms with Crippen LogP contribution in [0.5, 0.6) is 0 Å². The number of aromatic nitrogens is 1. The highest BCUT2D eigenvalue weighted by molar-refractivity contribution is 7.13. The quantitative estimate of drug-likeness (QED) is 0.573. The van der Waals surface area contributed by atoms with Crippen LogP contribution in [-0.2, 0) is 29.0 Å². The van der Waals surface area contributed by atoms with Crippen molar-refractivity contribution in [3.05, 3.63) is 50.4 Å². The van der Waals surface area contributed by atoms with Crippen LogP contribution < -0.4 is 10.6 Å². The summed E-state index contributed by atoms with van der Waals surface area (Å²) >= 11 is 7.49. The number of rotatable bonds is 7. The van der Waals surface area contributed by atoms with Crippen LogP contribution in [0.15, 0.2) is 24.3 Å². The molecule has 0 radical (unpaired) electrons. The number of hydrogen-bond donors (Lipinski definition) is 2. The maximum atomic E-state index is 13.2. The summed E-state index contributed by atoms with van der Waals surface area (Å²) in [6.07, 6.45) is 3.51. The van der Waals surface area contributed by atoms with E-state index >= 15 is 0 Å². The molecule has 1 saturated carbocycles. The number of aryl methyl sites for hydroxylation is 1. The van der Waals surface area contributed by atoms with Gasteiger partial charge in [0.2, 0.25) is 11.8 Å². The number of nitrogens with one attached hydrogen (secondary N) is 2. The van der Waals surface area contributed by atoms with Gasteiger partial charge in [-0.3, -0.25) is 14.4 Å². The number of thiazole rings is 1. The molecule has 3 amide bonds. The molecule has 1 aliphatic heterocycles. The van der Waals surface area contributed by atoms with Crippen molar-refractivity contribution in [1.82, 2.24) is 25.4 Å². The molecular weight excluding hydrogens is 498 g/mol. The molecule has 2 heterocycles. The predicted octanol–water partition coefficient (Wildman–Crippen LogP) is 2.89. The predicted molar refractivity (Wildman–Crippen MR) is 141 cm³/mol. The molecule has 2 aliphatic rings. The molecule has 10 heteroatoms. The highest BCUT2D eigenvalue weighted by Crippen LogP contribution is 2.28. The Bertz CT molecular complexity index is 1120. The molecule has 8 nitrogen and oxygen atoms in total. The molecule has 36 heavy (non-hydrogen) atoms. The van der Waals surface area contributed by atoms with Gasteiger partial charge in [-0.15, -0.1) is 11.3 Å². The van der Waals surface area contributed by atoms with Crippen molar-refractivity contribution in [3.63, 3.8) is 0 Å². The van der Waals surface area contributed by atoms with Gasteiger partial charge in [0.25, 0.3) is 5.91 Å². The van der Waals surface area contributed by atoms with Crippen molar-refractivity contribution in [2.45, 2.75) is 57.2 Å². The fourth-order valence-electron chi connectivity index (χ4n) is 4.97. The maximum Gasteiger partial charge on any atom is 0.280 e. The molecule has 0 saturated heterocycles. The third-order valence-electron chi connectivity index (χ3n) is 6.95. The van der Waals surface area contributed by atoms with E-state index in [1.165, 1.54) is 11.3 Å². The molecule has 1 fully saturated rings. The Morgan fingerprint density at radius 2 is 2.00 bits per heavy atom. The maximum absolute atomic E-state index is 13.2. The minimum absolute atomic E-state index is 0.0488. The molecule has 1 aromatic heterocycles. The van der Waals surface area contributed by atoms with Gasteiger partial charge in [0, 0.05) is 61.9 Å². The van der Waals surface area contributed by atoms with E-state index in [0.29, 0.717) is 42.1 Å². The highest BCUT2D eigenvalue weighted by Gasteiger charge is 2.36. The van der Waals surface area contributed by atoms with E-state index in [9.17, 15) is 14.4 Å². The van der Waals surface area contributed by atoms with E-state index in [4.69, 9.17) is 11.6 Å². The Kier molecular flexibility index (Phi) is 8.64. The Morgan fingerprint density at radius 3 is 2.75 bits per heavy atom. The summed E-state index contributed by atoms with van der Waals surface area (Å²) in [4.78, 5) is 48.2. The van der Waals surface area contributed by atoms with E-state index in [0.717, 1.165) is 35.6 Å². The number of carbonyl (C=O) groups excluding carboxylic acids is 3. The number of amides is 3. The fourth-order valence-corrected chi connectivity index (χ4v) is 6.28. The van der Waals surface area contributed by atoms with E-state index in [1.54, 1.807) is 19.0 Å². The van der Waals surface area contributed by atoms with Crippen LogP contribution in [0.1, 0.15) is 51.6 Å². The van der Waals surface area contributed by atoms with E-state index in [2.05, 4.69) is 27.6 Å². The summed E-state index contributed by atoms with van der Waals surface area (Å²) in [6.45, 7) is 1.73. The molecule has 2 N–H and O–H groups in total. The van der Waals surface area contributed by atoms with Crippen LogP contribution in [0.2, 0.25) is 5.02 Å². The van der Waals surface area contributed by atoms with E-state index < -0.39 is 0 Å². The lowest BCUT2D eigenvalue weighted by molar-refractivity contribution is -0.134. The normalized spacial score (nSPS) is 21.9. The summed E-state index contributed by atoms with van der Waals surface area (Å²) < 4.78 is 0. The van der Waals surface area contributed by atoms with Gasteiger partial charge in [0.15, 0.2) is 5.01 Å². The van der Waals surface area contributed by atoms with Crippen molar-refractivity contribution in [2.24, 2.45) is 5.92 Å². The van der Waals surface area contributed by atoms with Gasteiger partial charge in [0.05, 0.1) is 11.7 Å². The first kappa shape index (κ1) is 26.6. The lowest BCUT2D eigenvalue weighted by Gasteiger charge is -2.37. The third kappa shape index (κ3) is 6.63. The summed E-state index contributed by atoms with van der Waals surface area (Å²) in [5, 5.41) is 7.32. The number of nitrogens with zero attached hydrogens (tertiary/aromatic N) is 3. The van der Waals surface area contributed by atoms with Gasteiger partial charge in [0.1, 0.15) is 0 Å². The lowest BCUT2D eigenvalue weighted by atomic mass is 9.81. The van der Waals surface area contributed by atoms with Crippen LogP contribution in [0.3, 0.4) is 0 Å². The standard InChI is InChI=1S/C26H34ClN5O3S/c1-31(2)26(35)17-8-9-19(28-23(33)10-7-16-5-4-6-18(27)13-16)21(14-17)29-24(34)25-30-20-11-12-32(3)15-22(20)36-25/h4-6,13,17,19,21H,7-12,14-15H2,1-3H3,(H,28,33)(H,29,34)/t17-,19-,21+/m0/s1. The van der Waals surface area contributed by atoms with Crippen LogP contribution >= 0.6 is 22.9 Å². The van der Waals surface area contributed by atoms with Gasteiger partial charge in [-0.05, 0) is 50.4 Å². The van der Waals surface area contributed by atoms with Gasteiger partial charge >= 0.3 is 0 Å². The molecule has 2 aromatic rings. The summed E-state index contributed by atoms with van der Waals surface area (Å²) in [5.41, 5.74) is 2.00. The molecule has 4 rings (SSSR count). The Balaban J connectivity index is 1.42. The number of fused-ring (bicyclic) bond motifs is 1. The number of carbonyl (C=O) groups is 3. The van der Waals surface area contributed by atoms with Crippen molar-refractivity contribution in [2.75, 3.05) is 27.7 Å². The smallest absolute Gasteiger partial charge is 0.280 e. The van der Waals surface area contributed by atoms with Crippen LogP contribution in [-0.4, -0.2) is 72.3 Å². The SMILES string of the molecule is CN1CCc2nc(C(=O)N[C@@H]3C[C@@H](C(=O)N(C)C)CC[C@@H]3NC(=O)CCc3cccc(Cl)c3)sc2C1. The Labute approximate surface area is 221 Å². The second-order valence-electron chi connectivity index (χ2n) is 10.0. The summed E-state index contributed by atoms with van der Waals surface area (Å²) in [5.74, 6) is -0.460. The molecule has 1 aliphatic carbocycles. The molecular formula is C26H34ClN5O3S. The van der Waals surface area contributed by atoms with Crippen LogP contribution in [0.25, 0.3) is 0 Å². The fraction of sp³-hybridized carbons (Fsp3) is 0.538. The minimum atomic E-state index is -0.348. The molecule has 1 aromatic carbocycles. The lowest BCUT2D eigenvalue weighted by Crippen LogP contribution is -2.56. The first-order valence-corrected chi connectivity index (χ1v) is 13.6. The largest absolute Gasteiger partial charge is 0.351 e. The molecule has 0 unspecified atom stereocenters. The molecule has 0 bridgehead atoms. The Morgan fingerprint density at radius 1 is 1.19 bits per heavy atom. The average Bonchev–Trinajstić information content (AvgIpc) is 3.27. The number of likely N-dealkylation sites (N-methyl/N-ethyl adjacent to an activating group) is 1. The number of hydrogen-bond acceptors (Lipinski definition) is 6. The van der Waals surface area contributed by atoms with Crippen molar-refractivity contribution < 1.29 is 14.4 Å². The van der Waals surface area contributed by atoms with Crippen molar-refractivity contribution in [3.8, 4) is 0 Å². The van der Waals surface area contributed by atoms with Gasteiger partial charge < -0.3 is 20.4 Å². The zero-order valence-electron chi connectivity index (χ0n) is 21.1. The number of halogens is 1. The van der Waals surface area contributed by atoms with Gasteiger partial charge in [-0.1, -0.05) is 23.7 Å². The second-order valence-corrected chi connectivity index (χ2v) is 11.5. The second kappa shape index (κ2) is 11.7. The van der Waals surface area contributed by atoms with Gasteiger partial charge in [-0.2, -0.15) is 0 Å². The molecule has 0 spiro atoms. The first-order chi connectivity index (χ1) is 17.2. The first-order valence-electron chi connectivity index (χ1n) is 12.4. The summed E-state index contributed by atoms with van der Waals surface area (Å²) in [6, 6.07) is 6.90. The van der Waals surface area contributed by atoms with Crippen LogP contribution in [0.4, 0.5) is 0 Å². The van der Waals surface area contributed by atoms with Gasteiger partial charge in [-0.25, -0.2) is 4.98 Å². The van der Waals surface area contributed by atoms with Crippen LogP contribution in [0, 0.1) is 5.92 Å². The van der Waals surface area contributed by atoms with Crippen molar-refractivity contribution in [1.29, 1.82) is 0 Å². The molecule has 194 valence electrons. The Hall–Kier alpha value is -2.49. The zero-order chi connectivity index (χ0) is 25.8. The zero-order valence-corrected chi connectivity index (χ0v) is 22.6. The monoisotopic (exact) mass is 531 g/mol. The highest BCUT2D eigenvalue weighted by atomic mass is 35.5. The average molecular weight is 532 g/mol. The minimum Gasteiger partial charge on any atom is -0.351 e. The van der Waals surface area contributed by atoms with E-state index in [-0.39, 0.29) is 35.7 Å². The number of benzene rings is 1. The van der Waals surface area contributed by atoms with Crippen molar-refractivity contribution >= 4 is 40.7 Å². The third-order valence-corrected chi connectivity index (χ3v) is 8.27.